The molecule has 9 heteroatoms. The van der Waals surface area contributed by atoms with Gasteiger partial charge in [0.2, 0.25) is 0 Å². The minimum atomic E-state index is -1.80. The van der Waals surface area contributed by atoms with E-state index in [1.54, 1.807) is 0 Å². The Bertz CT molecular complexity index is 360. The molecule has 19 heavy (non-hydrogen) atoms. The third-order valence-corrected chi connectivity index (χ3v) is 1.27. The minimum Gasteiger partial charge on any atom is -0.542 e. The van der Waals surface area contributed by atoms with E-state index in [1.807, 2.05) is 0 Å². The van der Waals surface area contributed by atoms with E-state index in [9.17, 15) is 39.0 Å². The van der Waals surface area contributed by atoms with Gasteiger partial charge in [0, 0.05) is 0 Å². The van der Waals surface area contributed by atoms with Gasteiger partial charge in [0.25, 0.3) is 0 Å². The summed E-state index contributed by atoms with van der Waals surface area (Å²) in [6.07, 6.45) is -1.13. The predicted octanol–water partition coefficient (Wildman–Crippen LogP) is -3.43. The summed E-state index contributed by atoms with van der Waals surface area (Å²) < 4.78 is 0. The van der Waals surface area contributed by atoms with Gasteiger partial charge in [-0.25, -0.2) is 0 Å². The fraction of sp³-hybridized carbons (Fsp3) is 0.400. The normalized spacial score (nSPS) is 8.11. The number of hydrogen-bond donors (Lipinski definition) is 0. The summed E-state index contributed by atoms with van der Waals surface area (Å²) in [6.45, 7) is 2.28. The van der Waals surface area contributed by atoms with Crippen LogP contribution in [0.3, 0.4) is 0 Å². The second-order valence-corrected chi connectivity index (χ2v) is 3.18. The molecule has 0 atom stereocenters. The standard InChI is InChI=1S/2C5H6O4.Ti/c2*1-3(6)2-4(7)5(8)9;/h2*2H2,1H3,(H,8,9);/q;;+2/p-2. The number of Topliss-reactive ketones (excluding diaryl/α,β-unsaturated/α-hetero) is 4. The van der Waals surface area contributed by atoms with Crippen LogP contribution in [0.1, 0.15) is 26.7 Å². The number of carbonyl (C=O) groups excluding carboxylic acids is 6. The molecule has 0 aliphatic carbocycles. The summed E-state index contributed by atoms with van der Waals surface area (Å²) >= 11 is 0. The maximum Gasteiger partial charge on any atom is 2.00 e. The molecule has 0 aromatic rings. The van der Waals surface area contributed by atoms with Crippen LogP contribution in [-0.4, -0.2) is 35.1 Å². The van der Waals surface area contributed by atoms with Gasteiger partial charge in [-0.2, -0.15) is 0 Å². The van der Waals surface area contributed by atoms with Crippen LogP contribution in [0, 0.1) is 0 Å². The van der Waals surface area contributed by atoms with Crippen molar-refractivity contribution < 1.29 is 60.7 Å². The molecule has 102 valence electrons. The molecule has 0 aliphatic rings. The van der Waals surface area contributed by atoms with Gasteiger partial charge in [-0.05, 0) is 13.8 Å². The fourth-order valence-corrected chi connectivity index (χ4v) is 0.597. The zero-order valence-electron chi connectivity index (χ0n) is 10.2. The molecule has 0 aromatic carbocycles. The molecule has 0 aromatic heterocycles. The average molecular weight is 306 g/mol. The molecule has 0 radical (unpaired) electrons. The molecule has 0 N–H and O–H groups in total. The molecule has 0 saturated carbocycles. The van der Waals surface area contributed by atoms with Crippen molar-refractivity contribution in [3.63, 3.8) is 0 Å². The van der Waals surface area contributed by atoms with Crippen LogP contribution in [0.5, 0.6) is 0 Å². The Hall–Kier alpha value is -1.67. The maximum atomic E-state index is 10.1. The Morgan fingerprint density at radius 1 is 0.684 bits per heavy atom. The van der Waals surface area contributed by atoms with Crippen molar-refractivity contribution in [1.29, 1.82) is 0 Å². The average Bonchev–Trinajstić information content (AvgIpc) is 2.16. The maximum absolute atomic E-state index is 10.1. The zero-order valence-corrected chi connectivity index (χ0v) is 11.7. The van der Waals surface area contributed by atoms with E-state index in [1.165, 1.54) is 0 Å². The molecule has 0 aliphatic heterocycles. The van der Waals surface area contributed by atoms with Gasteiger partial charge >= 0.3 is 21.7 Å². The van der Waals surface area contributed by atoms with Crippen molar-refractivity contribution in [2.24, 2.45) is 0 Å². The molecule has 0 saturated heterocycles. The second kappa shape index (κ2) is 11.4. The van der Waals surface area contributed by atoms with Crippen LogP contribution in [0.25, 0.3) is 0 Å². The predicted molar refractivity (Wildman–Crippen MR) is 50.6 cm³/mol. The Balaban J connectivity index is -0.000000256. The summed E-state index contributed by atoms with van der Waals surface area (Å²) in [4.78, 5) is 59.5. The quantitative estimate of drug-likeness (QED) is 0.279. The second-order valence-electron chi connectivity index (χ2n) is 3.18. The molecule has 0 heterocycles. The first-order valence-corrected chi connectivity index (χ1v) is 4.55. The minimum absolute atomic E-state index is 0. The molecular formula is C10H10O8Ti. The fourth-order valence-electron chi connectivity index (χ4n) is 0.597. The summed E-state index contributed by atoms with van der Waals surface area (Å²) in [6, 6.07) is 0. The van der Waals surface area contributed by atoms with Crippen LogP contribution >= 0.6 is 0 Å². The third-order valence-electron chi connectivity index (χ3n) is 1.27. The number of ketones is 4. The summed E-state index contributed by atoms with van der Waals surface area (Å²) in [7, 11) is 0. The van der Waals surface area contributed by atoms with Gasteiger partial charge in [-0.15, -0.1) is 0 Å². The Morgan fingerprint density at radius 2 is 0.895 bits per heavy atom. The van der Waals surface area contributed by atoms with Gasteiger partial charge in [-0.1, -0.05) is 0 Å². The van der Waals surface area contributed by atoms with Gasteiger partial charge in [0.1, 0.15) is 23.5 Å². The van der Waals surface area contributed by atoms with Gasteiger partial charge in [-0.3, -0.25) is 19.2 Å². The molecule has 0 fully saturated rings. The van der Waals surface area contributed by atoms with Crippen LogP contribution in [-0.2, 0) is 50.5 Å². The van der Waals surface area contributed by atoms with Crippen molar-refractivity contribution in [1.82, 2.24) is 0 Å². The van der Waals surface area contributed by atoms with Crippen LogP contribution in [0.4, 0.5) is 0 Å². The largest absolute Gasteiger partial charge is 2.00 e. The Morgan fingerprint density at radius 3 is 0.947 bits per heavy atom. The number of hydrogen-bond acceptors (Lipinski definition) is 8. The third kappa shape index (κ3) is 16.3. The number of carbonyl (C=O) groups is 6. The van der Waals surface area contributed by atoms with E-state index in [0.29, 0.717) is 0 Å². The first kappa shape index (κ1) is 22.5. The molecule has 0 amide bonds. The number of aliphatic carboxylic acids is 2. The molecule has 0 bridgehead atoms. The van der Waals surface area contributed by atoms with Gasteiger partial charge < -0.3 is 19.8 Å². The number of carboxylic acid groups (broad SMARTS) is 2. The first-order chi connectivity index (χ1) is 8.07. The smallest absolute Gasteiger partial charge is 0.542 e. The summed E-state index contributed by atoms with van der Waals surface area (Å²) in [5.41, 5.74) is 0. The van der Waals surface area contributed by atoms with Gasteiger partial charge in [0.15, 0.2) is 11.6 Å². The van der Waals surface area contributed by atoms with E-state index < -0.39 is 47.9 Å². The molecule has 8 nitrogen and oxygen atoms in total. The molecular weight excluding hydrogens is 296 g/mol. The SMILES string of the molecule is CC(=O)CC(=O)C(=O)[O-].CC(=O)CC(=O)C(=O)[O-].[Ti+2]. The number of carboxylic acids is 2. The van der Waals surface area contributed by atoms with Crippen molar-refractivity contribution >= 4 is 35.1 Å². The summed E-state index contributed by atoms with van der Waals surface area (Å²) in [5, 5.41) is 19.2. The van der Waals surface area contributed by atoms with Crippen LogP contribution in [0.2, 0.25) is 0 Å². The van der Waals surface area contributed by atoms with Crippen molar-refractivity contribution in [2.45, 2.75) is 26.7 Å². The van der Waals surface area contributed by atoms with Crippen molar-refractivity contribution in [3.8, 4) is 0 Å². The molecule has 0 spiro atoms. The number of rotatable bonds is 6. The van der Waals surface area contributed by atoms with E-state index >= 15 is 0 Å². The first-order valence-electron chi connectivity index (χ1n) is 4.55. The topological polar surface area (TPSA) is 149 Å². The van der Waals surface area contributed by atoms with Crippen molar-refractivity contribution in [2.75, 3.05) is 0 Å². The van der Waals surface area contributed by atoms with E-state index in [0.717, 1.165) is 13.8 Å². The van der Waals surface area contributed by atoms with Crippen LogP contribution in [0.15, 0.2) is 0 Å². The van der Waals surface area contributed by atoms with E-state index in [4.69, 9.17) is 0 Å². The van der Waals surface area contributed by atoms with E-state index in [-0.39, 0.29) is 21.7 Å². The summed E-state index contributed by atoms with van der Waals surface area (Å²) in [5.74, 6) is -6.87. The Labute approximate surface area is 123 Å². The van der Waals surface area contributed by atoms with Crippen LogP contribution < -0.4 is 10.2 Å². The molecule has 0 rings (SSSR count). The molecule has 0 unspecified atom stereocenters. The van der Waals surface area contributed by atoms with Gasteiger partial charge in [0.05, 0.1) is 12.8 Å². The van der Waals surface area contributed by atoms with Crippen molar-refractivity contribution in [3.05, 3.63) is 0 Å². The zero-order chi connectivity index (χ0) is 14.9. The monoisotopic (exact) mass is 306 g/mol. The Kier molecular flexibility index (Phi) is 13.5. The van der Waals surface area contributed by atoms with E-state index in [2.05, 4.69) is 0 Å².